The lowest BCUT2D eigenvalue weighted by Gasteiger charge is -2.40. The molecule has 0 spiro atoms. The molecule has 28 heavy (non-hydrogen) atoms. The van der Waals surface area contributed by atoms with E-state index in [0.717, 1.165) is 44.6 Å². The van der Waals surface area contributed by atoms with Crippen LogP contribution in [0.3, 0.4) is 0 Å². The minimum Gasteiger partial charge on any atom is -0.360 e. The Hall–Kier alpha value is -1.89. The van der Waals surface area contributed by atoms with E-state index in [4.69, 9.17) is 0 Å². The Balaban J connectivity index is 1.28. The summed E-state index contributed by atoms with van der Waals surface area (Å²) in [6.07, 6.45) is 1.93. The average molecular weight is 401 g/mol. The second-order valence-electron chi connectivity index (χ2n) is 7.90. The first-order valence-electron chi connectivity index (χ1n) is 10.3. The van der Waals surface area contributed by atoms with Crippen molar-refractivity contribution in [2.24, 2.45) is 0 Å². The second-order valence-corrected chi connectivity index (χ2v) is 9.86. The summed E-state index contributed by atoms with van der Waals surface area (Å²) in [5, 5.41) is 0. The van der Waals surface area contributed by atoms with Crippen LogP contribution in [0.2, 0.25) is 0 Å². The number of sulfonamides is 1. The van der Waals surface area contributed by atoms with Crippen LogP contribution in [0, 0.1) is 0 Å². The average Bonchev–Trinajstić information content (AvgIpc) is 2.75. The van der Waals surface area contributed by atoms with E-state index in [-0.39, 0.29) is 5.75 Å². The third kappa shape index (κ3) is 4.57. The van der Waals surface area contributed by atoms with Crippen LogP contribution in [0.25, 0.3) is 0 Å². The summed E-state index contributed by atoms with van der Waals surface area (Å²) in [6, 6.07) is 20.7. The molecule has 0 amide bonds. The molecule has 2 fully saturated rings. The van der Waals surface area contributed by atoms with Crippen molar-refractivity contribution in [3.63, 3.8) is 0 Å². The zero-order valence-corrected chi connectivity index (χ0v) is 17.2. The third-order valence-electron chi connectivity index (χ3n) is 6.14. The number of hydrogen-bond acceptors (Lipinski definition) is 3. The number of benzene rings is 2. The van der Waals surface area contributed by atoms with Crippen LogP contribution in [0.4, 0.5) is 5.69 Å². The summed E-state index contributed by atoms with van der Waals surface area (Å²) in [5.74, 6) is 0.112. The highest BCUT2D eigenvalue weighted by Gasteiger charge is 2.34. The topological polar surface area (TPSA) is 45.1 Å². The van der Waals surface area contributed by atoms with E-state index in [1.54, 1.807) is 9.21 Å². The van der Waals surface area contributed by atoms with Gasteiger partial charge in [0, 0.05) is 31.6 Å². The number of anilines is 1. The minimum absolute atomic E-state index is 0.112. The molecule has 2 heterocycles. The standard InChI is InChI=1S/C22H29N3O2S/c26-28(27,19-20-7-3-1-4-8-20)25-13-11-22(12-14-25)24-17-15-23(16-18-24)21-9-5-2-6-10-21/h1-10,22H,11-19H2/p+1. The zero-order valence-electron chi connectivity index (χ0n) is 16.3. The number of hydrogen-bond donors (Lipinski definition) is 1. The predicted molar refractivity (Wildman–Crippen MR) is 113 cm³/mol. The van der Waals surface area contributed by atoms with Crippen LogP contribution < -0.4 is 9.80 Å². The lowest BCUT2D eigenvalue weighted by atomic mass is 10.0. The molecule has 2 aromatic rings. The molecule has 0 radical (unpaired) electrons. The van der Waals surface area contributed by atoms with Gasteiger partial charge in [-0.2, -0.15) is 0 Å². The quantitative estimate of drug-likeness (QED) is 0.825. The van der Waals surface area contributed by atoms with E-state index in [0.29, 0.717) is 19.1 Å². The van der Waals surface area contributed by atoms with Crippen LogP contribution in [0.1, 0.15) is 18.4 Å². The monoisotopic (exact) mass is 400 g/mol. The van der Waals surface area contributed by atoms with Crippen molar-refractivity contribution < 1.29 is 13.3 Å². The Morgan fingerprint density at radius 2 is 1.39 bits per heavy atom. The summed E-state index contributed by atoms with van der Waals surface area (Å²) in [5.41, 5.74) is 2.18. The summed E-state index contributed by atoms with van der Waals surface area (Å²) in [7, 11) is -3.22. The molecule has 6 heteroatoms. The van der Waals surface area contributed by atoms with Crippen LogP contribution in [-0.2, 0) is 15.8 Å². The first-order valence-corrected chi connectivity index (χ1v) is 11.9. The van der Waals surface area contributed by atoms with Gasteiger partial charge < -0.3 is 9.80 Å². The maximum Gasteiger partial charge on any atom is 0.218 e. The van der Waals surface area contributed by atoms with Crippen molar-refractivity contribution in [2.45, 2.75) is 24.6 Å². The van der Waals surface area contributed by atoms with E-state index >= 15 is 0 Å². The van der Waals surface area contributed by atoms with Gasteiger partial charge in [0.25, 0.3) is 0 Å². The Kier molecular flexibility index (Phi) is 5.99. The van der Waals surface area contributed by atoms with Crippen molar-refractivity contribution in [1.29, 1.82) is 0 Å². The van der Waals surface area contributed by atoms with Crippen LogP contribution in [0.15, 0.2) is 60.7 Å². The SMILES string of the molecule is O=S(=O)(Cc1ccccc1)N1CCC([NH+]2CCN(c3ccccc3)CC2)CC1. The van der Waals surface area contributed by atoms with Crippen molar-refractivity contribution in [3.8, 4) is 0 Å². The number of piperazine rings is 1. The van der Waals surface area contributed by atoms with Gasteiger partial charge in [-0.25, -0.2) is 12.7 Å². The Labute approximate surface area is 168 Å². The molecule has 2 saturated heterocycles. The molecule has 2 aliphatic rings. The van der Waals surface area contributed by atoms with Gasteiger partial charge in [0.1, 0.15) is 0 Å². The largest absolute Gasteiger partial charge is 0.360 e. The fourth-order valence-corrected chi connectivity index (χ4v) is 6.08. The van der Waals surface area contributed by atoms with E-state index in [1.165, 1.54) is 5.69 Å². The van der Waals surface area contributed by atoms with Gasteiger partial charge in [-0.05, 0) is 17.7 Å². The highest BCUT2D eigenvalue weighted by Crippen LogP contribution is 2.18. The van der Waals surface area contributed by atoms with Gasteiger partial charge >= 0.3 is 0 Å². The predicted octanol–water partition coefficient (Wildman–Crippen LogP) is 1.39. The number of para-hydroxylation sites is 1. The summed E-state index contributed by atoms with van der Waals surface area (Å²) in [6.45, 7) is 5.74. The smallest absolute Gasteiger partial charge is 0.218 e. The summed E-state index contributed by atoms with van der Waals surface area (Å²) < 4.78 is 27.2. The molecule has 0 aliphatic carbocycles. The molecular formula is C22H30N3O2S+. The van der Waals surface area contributed by atoms with Gasteiger partial charge in [-0.1, -0.05) is 48.5 Å². The molecule has 2 aromatic carbocycles. The summed E-state index contributed by atoms with van der Waals surface area (Å²) >= 11 is 0. The van der Waals surface area contributed by atoms with Gasteiger partial charge in [-0.15, -0.1) is 0 Å². The fourth-order valence-electron chi connectivity index (χ4n) is 4.52. The molecule has 5 nitrogen and oxygen atoms in total. The number of nitrogens with one attached hydrogen (secondary N) is 1. The molecule has 0 unspecified atom stereocenters. The van der Waals surface area contributed by atoms with Crippen LogP contribution in [0.5, 0.6) is 0 Å². The molecule has 2 aliphatic heterocycles. The molecule has 150 valence electrons. The van der Waals surface area contributed by atoms with E-state index in [9.17, 15) is 8.42 Å². The lowest BCUT2D eigenvalue weighted by Crippen LogP contribution is -3.18. The Morgan fingerprint density at radius 1 is 0.821 bits per heavy atom. The maximum absolute atomic E-state index is 12.8. The van der Waals surface area contributed by atoms with Crippen molar-refractivity contribution in [3.05, 3.63) is 66.2 Å². The molecule has 0 atom stereocenters. The number of rotatable bonds is 5. The molecular weight excluding hydrogens is 370 g/mol. The van der Waals surface area contributed by atoms with E-state index in [1.807, 2.05) is 30.3 Å². The molecule has 4 rings (SSSR count). The van der Waals surface area contributed by atoms with Crippen LogP contribution >= 0.6 is 0 Å². The van der Waals surface area contributed by atoms with Crippen molar-refractivity contribution in [1.82, 2.24) is 4.31 Å². The zero-order chi connectivity index (χ0) is 19.4. The van der Waals surface area contributed by atoms with Crippen LogP contribution in [-0.4, -0.2) is 58.0 Å². The van der Waals surface area contributed by atoms with Gasteiger partial charge in [0.2, 0.25) is 10.0 Å². The van der Waals surface area contributed by atoms with Gasteiger partial charge in [-0.3, -0.25) is 0 Å². The Bertz CT molecular complexity index is 842. The number of quaternary nitrogens is 1. The number of piperidine rings is 1. The molecule has 0 aromatic heterocycles. The molecule has 1 N–H and O–H groups in total. The first-order chi connectivity index (χ1) is 13.6. The highest BCUT2D eigenvalue weighted by atomic mass is 32.2. The molecule has 0 bridgehead atoms. The van der Waals surface area contributed by atoms with Crippen molar-refractivity contribution >= 4 is 15.7 Å². The Morgan fingerprint density at radius 3 is 2.00 bits per heavy atom. The lowest BCUT2D eigenvalue weighted by molar-refractivity contribution is -0.927. The fraction of sp³-hybridized carbons (Fsp3) is 0.455. The first kappa shape index (κ1) is 19.4. The molecule has 0 saturated carbocycles. The van der Waals surface area contributed by atoms with Crippen molar-refractivity contribution in [2.75, 3.05) is 44.2 Å². The van der Waals surface area contributed by atoms with E-state index < -0.39 is 10.0 Å². The normalized spacial score (nSPS) is 20.4. The highest BCUT2D eigenvalue weighted by molar-refractivity contribution is 7.88. The third-order valence-corrected chi connectivity index (χ3v) is 7.99. The van der Waals surface area contributed by atoms with Gasteiger partial charge in [0.05, 0.1) is 38.0 Å². The maximum atomic E-state index is 12.8. The summed E-state index contributed by atoms with van der Waals surface area (Å²) in [4.78, 5) is 4.11. The minimum atomic E-state index is -3.22. The van der Waals surface area contributed by atoms with E-state index in [2.05, 4.69) is 35.2 Å². The second kappa shape index (κ2) is 8.64. The number of nitrogens with zero attached hydrogens (tertiary/aromatic N) is 2. The van der Waals surface area contributed by atoms with Gasteiger partial charge in [0.15, 0.2) is 0 Å².